The summed E-state index contributed by atoms with van der Waals surface area (Å²) >= 11 is 0. The fraction of sp³-hybridized carbons (Fsp3) is 0.519. The summed E-state index contributed by atoms with van der Waals surface area (Å²) in [6, 6.07) is 19.3. The highest BCUT2D eigenvalue weighted by Gasteiger charge is 2.30. The molecule has 0 aromatic heterocycles. The fourth-order valence-electron chi connectivity index (χ4n) is 5.14. The first-order valence-corrected chi connectivity index (χ1v) is 14.0. The summed E-state index contributed by atoms with van der Waals surface area (Å²) in [7, 11) is -3.44. The number of carbonyl (C=O) groups is 1. The van der Waals surface area contributed by atoms with Crippen molar-refractivity contribution in [3.63, 3.8) is 0 Å². The number of sulfonamides is 1. The third-order valence-corrected chi connectivity index (χ3v) is 9.17. The number of hydrogen-bond acceptors (Lipinski definition) is 4. The van der Waals surface area contributed by atoms with E-state index in [0.29, 0.717) is 31.0 Å². The second-order valence-electron chi connectivity index (χ2n) is 9.69. The van der Waals surface area contributed by atoms with Gasteiger partial charge in [0.1, 0.15) is 0 Å². The van der Waals surface area contributed by atoms with Crippen molar-refractivity contribution in [1.29, 1.82) is 0 Å². The summed E-state index contributed by atoms with van der Waals surface area (Å²) in [6.45, 7) is 4.74. The Morgan fingerprint density at radius 2 is 1.41 bits per heavy atom. The zero-order valence-corrected chi connectivity index (χ0v) is 20.8. The van der Waals surface area contributed by atoms with Crippen molar-refractivity contribution in [1.82, 2.24) is 14.5 Å². The Morgan fingerprint density at radius 1 is 0.824 bits per heavy atom. The van der Waals surface area contributed by atoms with E-state index >= 15 is 0 Å². The molecule has 1 N–H and O–H groups in total. The summed E-state index contributed by atoms with van der Waals surface area (Å²) < 4.78 is 27.1. The van der Waals surface area contributed by atoms with Gasteiger partial charge in [-0.05, 0) is 74.7 Å². The number of amides is 1. The van der Waals surface area contributed by atoms with Gasteiger partial charge in [0.25, 0.3) is 0 Å². The van der Waals surface area contributed by atoms with Gasteiger partial charge in [-0.15, -0.1) is 0 Å². The lowest BCUT2D eigenvalue weighted by Crippen LogP contribution is -2.41. The average molecular weight is 484 g/mol. The van der Waals surface area contributed by atoms with Crippen LogP contribution in [-0.4, -0.2) is 62.8 Å². The predicted octanol–water partition coefficient (Wildman–Crippen LogP) is 3.55. The van der Waals surface area contributed by atoms with Crippen LogP contribution in [0, 0.1) is 11.8 Å². The normalized spacial score (nSPS) is 19.2. The lowest BCUT2D eigenvalue weighted by molar-refractivity contribution is -0.122. The average Bonchev–Trinajstić information content (AvgIpc) is 2.87. The molecule has 184 valence electrons. The first-order chi connectivity index (χ1) is 16.5. The molecule has 0 bridgehead atoms. The molecule has 7 heteroatoms. The summed E-state index contributed by atoms with van der Waals surface area (Å²) in [5.74, 6) is 1.09. The number of piperidine rings is 2. The second kappa shape index (κ2) is 12.0. The van der Waals surface area contributed by atoms with Gasteiger partial charge in [-0.25, -0.2) is 8.42 Å². The third kappa shape index (κ3) is 6.90. The molecule has 0 aliphatic carbocycles. The highest BCUT2D eigenvalue weighted by molar-refractivity contribution is 7.89. The Hall–Kier alpha value is -2.22. The van der Waals surface area contributed by atoms with Crippen molar-refractivity contribution < 1.29 is 13.2 Å². The van der Waals surface area contributed by atoms with E-state index in [2.05, 4.69) is 40.5 Å². The smallest absolute Gasteiger partial charge is 0.243 e. The van der Waals surface area contributed by atoms with E-state index in [1.54, 1.807) is 28.6 Å². The van der Waals surface area contributed by atoms with E-state index in [-0.39, 0.29) is 11.8 Å². The number of nitrogens with zero attached hydrogens (tertiary/aromatic N) is 2. The standard InChI is InChI=1S/C27H37N3O3S/c31-27(22-25-13-18-30(19-14-25)34(32,33)26-9-5-2-6-10-26)28-15-20-29-16-11-24(12-17-29)21-23-7-3-1-4-8-23/h1-10,24-25H,11-22H2,(H,28,31). The highest BCUT2D eigenvalue weighted by atomic mass is 32.2. The van der Waals surface area contributed by atoms with Crippen LogP contribution in [0.5, 0.6) is 0 Å². The molecule has 6 nitrogen and oxygen atoms in total. The lowest BCUT2D eigenvalue weighted by atomic mass is 9.90. The Balaban J connectivity index is 1.10. The van der Waals surface area contributed by atoms with Crippen LogP contribution >= 0.6 is 0 Å². The van der Waals surface area contributed by atoms with Gasteiger partial charge in [0.2, 0.25) is 15.9 Å². The molecular weight excluding hydrogens is 446 g/mol. The molecule has 2 aromatic carbocycles. The minimum absolute atomic E-state index is 0.0864. The van der Waals surface area contributed by atoms with Gasteiger partial charge < -0.3 is 10.2 Å². The fourth-order valence-corrected chi connectivity index (χ4v) is 6.64. The molecule has 2 saturated heterocycles. The van der Waals surface area contributed by atoms with Crippen molar-refractivity contribution in [3.05, 3.63) is 66.2 Å². The van der Waals surface area contributed by atoms with Crippen molar-refractivity contribution >= 4 is 15.9 Å². The van der Waals surface area contributed by atoms with Crippen LogP contribution in [0.3, 0.4) is 0 Å². The maximum Gasteiger partial charge on any atom is 0.243 e. The molecule has 1 amide bonds. The Kier molecular flexibility index (Phi) is 8.75. The zero-order chi connectivity index (χ0) is 23.8. The Bertz CT molecular complexity index is 998. The monoisotopic (exact) mass is 483 g/mol. The third-order valence-electron chi connectivity index (χ3n) is 7.25. The highest BCUT2D eigenvalue weighted by Crippen LogP contribution is 2.25. The molecular formula is C27H37N3O3S. The van der Waals surface area contributed by atoms with Crippen LogP contribution in [0.15, 0.2) is 65.6 Å². The van der Waals surface area contributed by atoms with Crippen molar-refractivity contribution in [2.45, 2.75) is 43.4 Å². The molecule has 4 rings (SSSR count). The molecule has 34 heavy (non-hydrogen) atoms. The number of likely N-dealkylation sites (tertiary alicyclic amines) is 1. The minimum atomic E-state index is -3.44. The number of nitrogens with one attached hydrogen (secondary N) is 1. The van der Waals surface area contributed by atoms with E-state index in [0.717, 1.165) is 44.8 Å². The van der Waals surface area contributed by atoms with Crippen LogP contribution in [0.1, 0.15) is 37.7 Å². The number of benzene rings is 2. The molecule has 0 radical (unpaired) electrons. The van der Waals surface area contributed by atoms with Gasteiger partial charge in [0.15, 0.2) is 0 Å². The number of hydrogen-bond donors (Lipinski definition) is 1. The topological polar surface area (TPSA) is 69.7 Å². The zero-order valence-electron chi connectivity index (χ0n) is 19.9. The van der Waals surface area contributed by atoms with Gasteiger partial charge in [-0.2, -0.15) is 4.31 Å². The number of carbonyl (C=O) groups excluding carboxylic acids is 1. The van der Waals surface area contributed by atoms with E-state index < -0.39 is 10.0 Å². The van der Waals surface area contributed by atoms with E-state index in [9.17, 15) is 13.2 Å². The van der Waals surface area contributed by atoms with Crippen LogP contribution < -0.4 is 5.32 Å². The van der Waals surface area contributed by atoms with Crippen LogP contribution in [0.2, 0.25) is 0 Å². The molecule has 0 atom stereocenters. The Morgan fingerprint density at radius 3 is 2.06 bits per heavy atom. The molecule has 0 saturated carbocycles. The van der Waals surface area contributed by atoms with Crippen LogP contribution in [0.4, 0.5) is 0 Å². The molecule has 2 aliphatic rings. The van der Waals surface area contributed by atoms with Gasteiger partial charge in [0, 0.05) is 32.6 Å². The van der Waals surface area contributed by atoms with E-state index in [1.807, 2.05) is 6.07 Å². The van der Waals surface area contributed by atoms with Crippen LogP contribution in [-0.2, 0) is 21.2 Å². The van der Waals surface area contributed by atoms with Gasteiger partial charge in [-0.3, -0.25) is 4.79 Å². The van der Waals surface area contributed by atoms with Crippen molar-refractivity contribution in [2.75, 3.05) is 39.3 Å². The largest absolute Gasteiger partial charge is 0.355 e. The predicted molar refractivity (Wildman–Crippen MR) is 135 cm³/mol. The SMILES string of the molecule is O=C(CC1CCN(S(=O)(=O)c2ccccc2)CC1)NCCN1CCC(Cc2ccccc2)CC1. The minimum Gasteiger partial charge on any atom is -0.355 e. The molecule has 2 fully saturated rings. The molecule has 2 aliphatic heterocycles. The number of rotatable bonds is 9. The van der Waals surface area contributed by atoms with Crippen molar-refractivity contribution in [3.8, 4) is 0 Å². The summed E-state index contributed by atoms with van der Waals surface area (Å²) in [5, 5.41) is 3.08. The maximum absolute atomic E-state index is 12.8. The first kappa shape index (κ1) is 24.9. The summed E-state index contributed by atoms with van der Waals surface area (Å²) in [6.07, 6.45) is 5.54. The quantitative estimate of drug-likeness (QED) is 0.592. The summed E-state index contributed by atoms with van der Waals surface area (Å²) in [4.78, 5) is 15.2. The molecule has 0 unspecified atom stereocenters. The second-order valence-corrected chi connectivity index (χ2v) is 11.6. The Labute approximate surface area is 204 Å². The first-order valence-electron chi connectivity index (χ1n) is 12.6. The lowest BCUT2D eigenvalue weighted by Gasteiger charge is -2.32. The molecule has 2 aromatic rings. The van der Waals surface area contributed by atoms with Crippen molar-refractivity contribution in [2.24, 2.45) is 11.8 Å². The molecule has 0 spiro atoms. The van der Waals surface area contributed by atoms with Crippen LogP contribution in [0.25, 0.3) is 0 Å². The van der Waals surface area contributed by atoms with Gasteiger partial charge in [0.05, 0.1) is 4.90 Å². The van der Waals surface area contributed by atoms with Gasteiger partial charge >= 0.3 is 0 Å². The maximum atomic E-state index is 12.8. The molecule has 2 heterocycles. The van der Waals surface area contributed by atoms with Gasteiger partial charge in [-0.1, -0.05) is 48.5 Å². The van der Waals surface area contributed by atoms with E-state index in [1.165, 1.54) is 18.4 Å². The summed E-state index contributed by atoms with van der Waals surface area (Å²) in [5.41, 5.74) is 1.43. The van der Waals surface area contributed by atoms with E-state index in [4.69, 9.17) is 0 Å².